The third-order valence-corrected chi connectivity index (χ3v) is 3.51. The molecule has 0 aliphatic carbocycles. The molecule has 0 rings (SSSR count). The second-order valence-corrected chi connectivity index (χ2v) is 5.23. The van der Waals surface area contributed by atoms with E-state index < -0.39 is 0 Å². The van der Waals surface area contributed by atoms with Gasteiger partial charge in [0.1, 0.15) is 0 Å². The maximum Gasteiger partial charge on any atom is 0.0568 e. The minimum atomic E-state index is -0.0869. The molecule has 0 spiro atoms. The Morgan fingerprint density at radius 1 is 0.867 bits per heavy atom. The van der Waals surface area contributed by atoms with Gasteiger partial charge in [-0.1, -0.05) is 66.2 Å². The van der Waals surface area contributed by atoms with E-state index in [1.54, 1.807) is 0 Å². The summed E-state index contributed by atoms with van der Waals surface area (Å²) in [5.41, 5.74) is 0. The van der Waals surface area contributed by atoms with E-state index in [0.29, 0.717) is 11.8 Å². The lowest BCUT2D eigenvalue weighted by Gasteiger charge is -2.22. The predicted molar refractivity (Wildman–Crippen MR) is 68.0 cm³/mol. The summed E-state index contributed by atoms with van der Waals surface area (Å²) < 4.78 is 0. The van der Waals surface area contributed by atoms with E-state index in [2.05, 4.69) is 27.7 Å². The maximum absolute atomic E-state index is 9.89. The lowest BCUT2D eigenvalue weighted by atomic mass is 9.89. The van der Waals surface area contributed by atoms with Crippen LogP contribution < -0.4 is 0 Å². The van der Waals surface area contributed by atoms with Gasteiger partial charge in [-0.2, -0.15) is 0 Å². The van der Waals surface area contributed by atoms with Crippen molar-refractivity contribution in [3.05, 3.63) is 0 Å². The van der Waals surface area contributed by atoms with Crippen LogP contribution in [0.4, 0.5) is 0 Å². The predicted octanol–water partition coefficient (Wildman–Crippen LogP) is 4.39. The highest BCUT2D eigenvalue weighted by Gasteiger charge is 2.16. The van der Waals surface area contributed by atoms with Crippen LogP contribution in [0.2, 0.25) is 0 Å². The molecule has 0 radical (unpaired) electrons. The molecule has 0 heterocycles. The number of aliphatic hydroxyl groups is 1. The van der Waals surface area contributed by atoms with E-state index in [4.69, 9.17) is 0 Å². The molecule has 0 aliphatic rings. The van der Waals surface area contributed by atoms with Crippen LogP contribution in [0.5, 0.6) is 0 Å². The van der Waals surface area contributed by atoms with Crippen LogP contribution in [0.1, 0.15) is 72.6 Å². The molecule has 0 fully saturated rings. The molecular weight excluding hydrogens is 184 g/mol. The van der Waals surface area contributed by atoms with Crippen molar-refractivity contribution in [1.29, 1.82) is 0 Å². The van der Waals surface area contributed by atoms with Gasteiger partial charge in [0.05, 0.1) is 6.10 Å². The Labute approximate surface area is 96.3 Å². The van der Waals surface area contributed by atoms with Gasteiger partial charge in [-0.05, 0) is 18.3 Å². The van der Waals surface area contributed by atoms with Gasteiger partial charge >= 0.3 is 0 Å². The van der Waals surface area contributed by atoms with Crippen molar-refractivity contribution in [2.45, 2.75) is 78.7 Å². The number of aliphatic hydroxyl groups excluding tert-OH is 1. The van der Waals surface area contributed by atoms with Crippen LogP contribution >= 0.6 is 0 Å². The summed E-state index contributed by atoms with van der Waals surface area (Å²) in [5.74, 6) is 1.04. The van der Waals surface area contributed by atoms with Gasteiger partial charge in [-0.25, -0.2) is 0 Å². The summed E-state index contributed by atoms with van der Waals surface area (Å²) in [7, 11) is 0. The Balaban J connectivity index is 3.34. The molecule has 0 aromatic carbocycles. The maximum atomic E-state index is 9.89. The zero-order chi connectivity index (χ0) is 11.7. The summed E-state index contributed by atoms with van der Waals surface area (Å²) in [4.78, 5) is 0. The second-order valence-electron chi connectivity index (χ2n) is 5.23. The van der Waals surface area contributed by atoms with Crippen molar-refractivity contribution >= 4 is 0 Å². The standard InChI is InChI=1S/C14H30O/c1-5-6-7-8-9-10-11-14(15)13(4)12(2)3/h12-15H,5-11H2,1-4H3. The number of unbranched alkanes of at least 4 members (excludes halogenated alkanes) is 5. The van der Waals surface area contributed by atoms with Crippen molar-refractivity contribution in [2.24, 2.45) is 11.8 Å². The molecule has 0 saturated carbocycles. The van der Waals surface area contributed by atoms with Crippen LogP contribution in [0, 0.1) is 11.8 Å². The first-order valence-corrected chi connectivity index (χ1v) is 6.77. The van der Waals surface area contributed by atoms with Gasteiger partial charge in [0.2, 0.25) is 0 Å². The smallest absolute Gasteiger partial charge is 0.0568 e. The summed E-state index contributed by atoms with van der Waals surface area (Å²) in [6.07, 6.45) is 8.78. The van der Waals surface area contributed by atoms with Crippen LogP contribution in [0.25, 0.3) is 0 Å². The number of hydrogen-bond donors (Lipinski definition) is 1. The quantitative estimate of drug-likeness (QED) is 0.564. The molecule has 0 aromatic rings. The van der Waals surface area contributed by atoms with Crippen molar-refractivity contribution in [1.82, 2.24) is 0 Å². The van der Waals surface area contributed by atoms with Crippen LogP contribution in [-0.2, 0) is 0 Å². The molecule has 92 valence electrons. The lowest BCUT2D eigenvalue weighted by Crippen LogP contribution is -2.22. The molecule has 2 unspecified atom stereocenters. The zero-order valence-electron chi connectivity index (χ0n) is 11.1. The topological polar surface area (TPSA) is 20.2 Å². The van der Waals surface area contributed by atoms with Gasteiger partial charge in [-0.15, -0.1) is 0 Å². The highest BCUT2D eigenvalue weighted by Crippen LogP contribution is 2.19. The summed E-state index contributed by atoms with van der Waals surface area (Å²) in [6, 6.07) is 0. The van der Waals surface area contributed by atoms with Crippen LogP contribution in [-0.4, -0.2) is 11.2 Å². The SMILES string of the molecule is CCCCCCCCC(O)C(C)C(C)C. The van der Waals surface area contributed by atoms with Crippen molar-refractivity contribution in [3.8, 4) is 0 Å². The van der Waals surface area contributed by atoms with Crippen molar-refractivity contribution in [3.63, 3.8) is 0 Å². The molecule has 1 N–H and O–H groups in total. The molecule has 1 nitrogen and oxygen atoms in total. The Bertz CT molecular complexity index is 131. The Hall–Kier alpha value is -0.0400. The fourth-order valence-corrected chi connectivity index (χ4v) is 1.84. The second kappa shape index (κ2) is 9.21. The molecule has 15 heavy (non-hydrogen) atoms. The van der Waals surface area contributed by atoms with Gasteiger partial charge in [0.15, 0.2) is 0 Å². The van der Waals surface area contributed by atoms with Gasteiger partial charge in [0, 0.05) is 0 Å². The minimum absolute atomic E-state index is 0.0869. The van der Waals surface area contributed by atoms with E-state index in [0.717, 1.165) is 6.42 Å². The molecule has 0 aliphatic heterocycles. The summed E-state index contributed by atoms with van der Waals surface area (Å²) in [6.45, 7) is 8.78. The van der Waals surface area contributed by atoms with Gasteiger partial charge in [0.25, 0.3) is 0 Å². The average molecular weight is 214 g/mol. The Morgan fingerprint density at radius 3 is 1.93 bits per heavy atom. The van der Waals surface area contributed by atoms with Crippen molar-refractivity contribution < 1.29 is 5.11 Å². The average Bonchev–Trinajstić information content (AvgIpc) is 2.21. The fraction of sp³-hybridized carbons (Fsp3) is 1.00. The third kappa shape index (κ3) is 7.84. The molecule has 0 bridgehead atoms. The van der Waals surface area contributed by atoms with E-state index in [1.165, 1.54) is 38.5 Å². The van der Waals surface area contributed by atoms with Gasteiger partial charge in [-0.3, -0.25) is 0 Å². The summed E-state index contributed by atoms with van der Waals surface area (Å²) >= 11 is 0. The molecule has 2 atom stereocenters. The monoisotopic (exact) mass is 214 g/mol. The number of rotatable bonds is 9. The van der Waals surface area contributed by atoms with E-state index >= 15 is 0 Å². The molecule has 0 saturated heterocycles. The van der Waals surface area contributed by atoms with Gasteiger partial charge < -0.3 is 5.11 Å². The summed E-state index contributed by atoms with van der Waals surface area (Å²) in [5, 5.41) is 9.89. The van der Waals surface area contributed by atoms with E-state index in [9.17, 15) is 5.11 Å². The molecule has 1 heteroatoms. The fourth-order valence-electron chi connectivity index (χ4n) is 1.84. The van der Waals surface area contributed by atoms with Crippen LogP contribution in [0.3, 0.4) is 0 Å². The molecule has 0 aromatic heterocycles. The highest BCUT2D eigenvalue weighted by atomic mass is 16.3. The van der Waals surface area contributed by atoms with Crippen molar-refractivity contribution in [2.75, 3.05) is 0 Å². The van der Waals surface area contributed by atoms with E-state index in [-0.39, 0.29) is 6.10 Å². The first-order chi connectivity index (χ1) is 7.09. The highest BCUT2D eigenvalue weighted by molar-refractivity contribution is 4.67. The minimum Gasteiger partial charge on any atom is -0.393 e. The largest absolute Gasteiger partial charge is 0.393 e. The lowest BCUT2D eigenvalue weighted by molar-refractivity contribution is 0.0813. The van der Waals surface area contributed by atoms with Crippen LogP contribution in [0.15, 0.2) is 0 Å². The Morgan fingerprint density at radius 2 is 1.40 bits per heavy atom. The normalized spacial score (nSPS) is 15.6. The Kier molecular flexibility index (Phi) is 9.18. The molecule has 0 amide bonds. The van der Waals surface area contributed by atoms with E-state index in [1.807, 2.05) is 0 Å². The first-order valence-electron chi connectivity index (χ1n) is 6.77. The zero-order valence-corrected chi connectivity index (χ0v) is 11.1. The molecular formula is C14H30O. The first kappa shape index (κ1) is 15.0. The number of hydrogen-bond acceptors (Lipinski definition) is 1. The third-order valence-electron chi connectivity index (χ3n) is 3.51.